The Morgan fingerprint density at radius 1 is 1.22 bits per heavy atom. The zero-order valence-corrected chi connectivity index (χ0v) is 20.5. The van der Waals surface area contributed by atoms with Crippen molar-refractivity contribution in [2.45, 2.75) is 38.9 Å². The van der Waals surface area contributed by atoms with Crippen LogP contribution in [-0.4, -0.2) is 81.8 Å². The first kappa shape index (κ1) is 25.1. The first-order valence-electron chi connectivity index (χ1n) is 11.9. The van der Waals surface area contributed by atoms with Gasteiger partial charge in [0, 0.05) is 26.2 Å². The Kier molecular flexibility index (Phi) is 7.49. The predicted octanol–water partition coefficient (Wildman–Crippen LogP) is 2.49. The number of aliphatic hydroxyl groups excluding tert-OH is 1. The average molecular weight is 494 g/mol. The highest BCUT2D eigenvalue weighted by molar-refractivity contribution is 6.06. The number of carbonyl (C=O) groups is 2. The van der Waals surface area contributed by atoms with Crippen LogP contribution in [0.2, 0.25) is 0 Å². The molecule has 36 heavy (non-hydrogen) atoms. The molecular formula is C25H31N7O4. The number of aromatic nitrogens is 1. The molecule has 0 saturated carbocycles. The minimum Gasteiger partial charge on any atom is -0.496 e. The Bertz CT molecular complexity index is 1180. The fourth-order valence-corrected chi connectivity index (χ4v) is 4.47. The minimum absolute atomic E-state index is 0.0200. The monoisotopic (exact) mass is 493 g/mol. The molecule has 3 heterocycles. The number of pyridine rings is 1. The fraction of sp³-hybridized carbons (Fsp3) is 0.400. The number of carbonyl (C=O) groups excluding carboxylic acids is 2. The molecule has 11 nitrogen and oxygen atoms in total. The van der Waals surface area contributed by atoms with Gasteiger partial charge >= 0.3 is 6.03 Å². The summed E-state index contributed by atoms with van der Waals surface area (Å²) in [5, 5.41) is 28.1. The van der Waals surface area contributed by atoms with Crippen LogP contribution < -0.4 is 10.1 Å². The molecule has 3 amide bonds. The average Bonchev–Trinajstić information content (AvgIpc) is 3.57. The molecule has 0 radical (unpaired) electrons. The van der Waals surface area contributed by atoms with E-state index in [1.165, 1.54) is 12.0 Å². The SMILES string of the molecule is COc1cc2c(cc1C(=O)Nc1cccc(C(=N)N(C=N)C(C)CO)n1)CN(C(=O)N1CCCC1)C2. The quantitative estimate of drug-likeness (QED) is 0.344. The van der Waals surface area contributed by atoms with Crippen molar-refractivity contribution in [2.75, 3.05) is 32.1 Å². The van der Waals surface area contributed by atoms with Crippen molar-refractivity contribution in [3.8, 4) is 5.75 Å². The second-order valence-corrected chi connectivity index (χ2v) is 8.93. The maximum Gasteiger partial charge on any atom is 0.320 e. The van der Waals surface area contributed by atoms with Gasteiger partial charge in [-0.05, 0) is 55.2 Å². The summed E-state index contributed by atoms with van der Waals surface area (Å²) < 4.78 is 5.49. The molecule has 2 aliphatic rings. The number of hydrogen-bond acceptors (Lipinski definition) is 7. The van der Waals surface area contributed by atoms with Gasteiger partial charge in [-0.2, -0.15) is 0 Å². The van der Waals surface area contributed by atoms with Crippen LogP contribution in [0.15, 0.2) is 30.3 Å². The highest BCUT2D eigenvalue weighted by Crippen LogP contribution is 2.31. The van der Waals surface area contributed by atoms with Crippen LogP contribution in [-0.2, 0) is 13.1 Å². The molecule has 0 aliphatic carbocycles. The van der Waals surface area contributed by atoms with Crippen molar-refractivity contribution in [3.63, 3.8) is 0 Å². The van der Waals surface area contributed by atoms with Gasteiger partial charge in [-0.15, -0.1) is 0 Å². The Hall–Kier alpha value is -3.99. The van der Waals surface area contributed by atoms with Crippen LogP contribution in [0.25, 0.3) is 0 Å². The Labute approximate surface area is 209 Å². The van der Waals surface area contributed by atoms with E-state index in [4.69, 9.17) is 15.6 Å². The van der Waals surface area contributed by atoms with Crippen molar-refractivity contribution < 1.29 is 19.4 Å². The van der Waals surface area contributed by atoms with Crippen molar-refractivity contribution in [1.29, 1.82) is 10.8 Å². The number of aliphatic hydroxyl groups is 1. The number of anilines is 1. The first-order chi connectivity index (χ1) is 17.4. The summed E-state index contributed by atoms with van der Waals surface area (Å²) in [7, 11) is 1.50. The fourth-order valence-electron chi connectivity index (χ4n) is 4.47. The normalized spacial score (nSPS) is 15.3. The van der Waals surface area contributed by atoms with E-state index in [1.807, 2.05) is 4.90 Å². The number of methoxy groups -OCH3 is 1. The lowest BCUT2D eigenvalue weighted by molar-refractivity contribution is 0.102. The van der Waals surface area contributed by atoms with Crippen LogP contribution in [0.3, 0.4) is 0 Å². The topological polar surface area (TPSA) is 146 Å². The lowest BCUT2D eigenvalue weighted by Crippen LogP contribution is -2.39. The van der Waals surface area contributed by atoms with Gasteiger partial charge in [0.15, 0.2) is 5.84 Å². The third-order valence-electron chi connectivity index (χ3n) is 6.51. The molecular weight excluding hydrogens is 462 g/mol. The summed E-state index contributed by atoms with van der Waals surface area (Å²) in [6.45, 7) is 3.93. The number of likely N-dealkylation sites (tertiary alicyclic amines) is 1. The van der Waals surface area contributed by atoms with Crippen LogP contribution >= 0.6 is 0 Å². The molecule has 1 aromatic heterocycles. The van der Waals surface area contributed by atoms with Crippen LogP contribution in [0, 0.1) is 10.8 Å². The number of ether oxygens (including phenoxy) is 1. The molecule has 2 aromatic rings. The maximum atomic E-state index is 13.2. The zero-order chi connectivity index (χ0) is 25.8. The van der Waals surface area contributed by atoms with Crippen molar-refractivity contribution in [1.82, 2.24) is 19.7 Å². The molecule has 4 rings (SSSR count). The summed E-state index contributed by atoms with van der Waals surface area (Å²) in [6.07, 6.45) is 3.02. The molecule has 4 N–H and O–H groups in total. The third kappa shape index (κ3) is 5.01. The molecule has 11 heteroatoms. The number of amidine groups is 1. The Morgan fingerprint density at radius 3 is 2.56 bits per heavy atom. The van der Waals surface area contributed by atoms with Crippen molar-refractivity contribution in [2.24, 2.45) is 0 Å². The number of benzene rings is 1. The molecule has 1 unspecified atom stereocenters. The standard InChI is InChI=1S/C25H31N7O4/c1-16(14-33)32(15-26)23(27)20-6-5-7-22(28-20)29-24(34)19-10-17-12-31(13-18(17)11-21(19)36-2)25(35)30-8-3-4-9-30/h5-7,10-11,15-16,26-27,33H,3-4,8-9,12-14H2,1-2H3,(H,28,29,34). The molecule has 0 bridgehead atoms. The van der Waals surface area contributed by atoms with Gasteiger partial charge in [0.2, 0.25) is 0 Å². The van der Waals surface area contributed by atoms with Gasteiger partial charge in [-0.1, -0.05) is 6.07 Å². The number of fused-ring (bicyclic) bond motifs is 1. The van der Waals surface area contributed by atoms with Crippen LogP contribution in [0.5, 0.6) is 5.75 Å². The van der Waals surface area contributed by atoms with E-state index >= 15 is 0 Å². The third-order valence-corrected chi connectivity index (χ3v) is 6.51. The Balaban J connectivity index is 1.51. The first-order valence-corrected chi connectivity index (χ1v) is 11.9. The highest BCUT2D eigenvalue weighted by Gasteiger charge is 2.30. The zero-order valence-electron chi connectivity index (χ0n) is 20.5. The molecule has 1 atom stereocenters. The number of nitrogens with zero attached hydrogens (tertiary/aromatic N) is 4. The van der Waals surface area contributed by atoms with Gasteiger partial charge < -0.3 is 29.9 Å². The molecule has 1 fully saturated rings. The second-order valence-electron chi connectivity index (χ2n) is 8.93. The van der Waals surface area contributed by atoms with E-state index in [0.717, 1.165) is 43.4 Å². The predicted molar refractivity (Wildman–Crippen MR) is 135 cm³/mol. The summed E-state index contributed by atoms with van der Waals surface area (Å²) in [4.78, 5) is 35.3. The van der Waals surface area contributed by atoms with E-state index < -0.39 is 11.9 Å². The molecule has 0 spiro atoms. The number of hydrogen-bond donors (Lipinski definition) is 4. The number of nitrogens with one attached hydrogen (secondary N) is 3. The summed E-state index contributed by atoms with van der Waals surface area (Å²) in [5.74, 6) is 0.137. The second kappa shape index (κ2) is 10.7. The van der Waals surface area contributed by atoms with E-state index in [-0.39, 0.29) is 30.0 Å². The van der Waals surface area contributed by atoms with Gasteiger partial charge in [0.25, 0.3) is 5.91 Å². The van der Waals surface area contributed by atoms with E-state index in [2.05, 4.69) is 10.3 Å². The van der Waals surface area contributed by atoms with Crippen molar-refractivity contribution in [3.05, 3.63) is 52.7 Å². The number of urea groups is 1. The number of amides is 3. The smallest absolute Gasteiger partial charge is 0.320 e. The lowest BCUT2D eigenvalue weighted by Gasteiger charge is -2.25. The maximum absolute atomic E-state index is 13.2. The summed E-state index contributed by atoms with van der Waals surface area (Å²) in [6, 6.07) is 7.97. The molecule has 190 valence electrons. The van der Waals surface area contributed by atoms with E-state index in [1.54, 1.807) is 42.2 Å². The minimum atomic E-state index is -0.470. The summed E-state index contributed by atoms with van der Waals surface area (Å²) in [5.41, 5.74) is 2.42. The summed E-state index contributed by atoms with van der Waals surface area (Å²) >= 11 is 0. The van der Waals surface area contributed by atoms with Crippen LogP contribution in [0.1, 0.15) is 46.9 Å². The van der Waals surface area contributed by atoms with E-state index in [9.17, 15) is 14.7 Å². The van der Waals surface area contributed by atoms with Crippen molar-refractivity contribution >= 4 is 29.9 Å². The molecule has 2 aliphatic heterocycles. The van der Waals surface area contributed by atoms with Gasteiger partial charge in [0.1, 0.15) is 17.3 Å². The van der Waals surface area contributed by atoms with Gasteiger partial charge in [-0.3, -0.25) is 15.6 Å². The van der Waals surface area contributed by atoms with E-state index in [0.29, 0.717) is 24.4 Å². The van der Waals surface area contributed by atoms with Crippen LogP contribution in [0.4, 0.5) is 10.6 Å². The largest absolute Gasteiger partial charge is 0.496 e. The Morgan fingerprint density at radius 2 is 1.92 bits per heavy atom. The number of rotatable bonds is 7. The molecule has 1 saturated heterocycles. The highest BCUT2D eigenvalue weighted by atomic mass is 16.5. The van der Waals surface area contributed by atoms with Gasteiger partial charge in [-0.25, -0.2) is 9.78 Å². The van der Waals surface area contributed by atoms with Gasteiger partial charge in [0.05, 0.1) is 31.7 Å². The molecule has 1 aromatic carbocycles. The lowest BCUT2D eigenvalue weighted by atomic mass is 10.0.